The molecule has 0 bridgehead atoms. The maximum Gasteiger partial charge on any atom is 0.264 e. The molecule has 3 aromatic rings. The molecule has 6 N–H and O–H groups in total. The highest BCUT2D eigenvalue weighted by atomic mass is 32.2. The van der Waals surface area contributed by atoms with Crippen molar-refractivity contribution in [1.82, 2.24) is 0 Å². The molecule has 0 aliphatic rings. The molecule has 3 aromatic carbocycles. The zero-order valence-electron chi connectivity index (χ0n) is 34.6. The third-order valence-corrected chi connectivity index (χ3v) is 14.6. The number of rotatable bonds is 30. The van der Waals surface area contributed by atoms with Crippen molar-refractivity contribution in [2.45, 2.75) is 44.4 Å². The summed E-state index contributed by atoms with van der Waals surface area (Å²) in [5.41, 5.74) is 2.68. The molecule has 0 aliphatic carbocycles. The van der Waals surface area contributed by atoms with E-state index < -0.39 is 101 Å². The van der Waals surface area contributed by atoms with Crippen LogP contribution in [0.15, 0.2) is 72.8 Å². The van der Waals surface area contributed by atoms with Crippen LogP contribution >= 0.6 is 0 Å². The number of nitrogens with zero attached hydrogens (tertiary/aromatic N) is 3. The second-order valence-electron chi connectivity index (χ2n) is 14.9. The van der Waals surface area contributed by atoms with Gasteiger partial charge in [-0.25, -0.2) is 0 Å². The van der Waals surface area contributed by atoms with Gasteiger partial charge in [0, 0.05) is 62.2 Å². The maximum absolute atomic E-state index is 11.8. The van der Waals surface area contributed by atoms with Crippen molar-refractivity contribution in [3.05, 3.63) is 89.5 Å². The zero-order chi connectivity index (χ0) is 48.0. The molecule has 0 aromatic heterocycles. The molecule has 21 nitrogen and oxygen atoms in total. The van der Waals surface area contributed by atoms with Gasteiger partial charge in [0.05, 0.1) is 34.5 Å². The van der Waals surface area contributed by atoms with Gasteiger partial charge in [-0.3, -0.25) is 27.3 Å². The molecule has 0 saturated carbocycles. The molecule has 27 heteroatoms. The lowest BCUT2D eigenvalue weighted by Crippen LogP contribution is -2.32. The first-order chi connectivity index (χ1) is 29.5. The molecular weight excluding hydrogens is 967 g/mol. The summed E-state index contributed by atoms with van der Waals surface area (Å²) in [6.45, 7) is -0.375. The van der Waals surface area contributed by atoms with Gasteiger partial charge in [0.15, 0.2) is 0 Å². The summed E-state index contributed by atoms with van der Waals surface area (Å²) in [4.78, 5) is 4.99. The quantitative estimate of drug-likeness (QED) is 0.0413. The third-order valence-electron chi connectivity index (χ3n) is 9.75. The van der Waals surface area contributed by atoms with Crippen LogP contribution < -0.4 is 14.7 Å². The van der Waals surface area contributed by atoms with Gasteiger partial charge >= 0.3 is 0 Å². The second kappa shape index (κ2) is 23.8. The van der Waals surface area contributed by atoms with Gasteiger partial charge in [-0.2, -0.15) is 50.5 Å². The predicted molar refractivity (Wildman–Crippen MR) is 243 cm³/mol. The van der Waals surface area contributed by atoms with Gasteiger partial charge in [-0.15, -0.1) is 0 Å². The fourth-order valence-electron chi connectivity index (χ4n) is 7.25. The van der Waals surface area contributed by atoms with Crippen molar-refractivity contribution in [1.29, 1.82) is 0 Å². The summed E-state index contributed by atoms with van der Waals surface area (Å²) in [5.74, 6) is -4.92. The van der Waals surface area contributed by atoms with E-state index >= 15 is 0 Å². The molecule has 64 heavy (non-hydrogen) atoms. The fraction of sp³-hybridized carbons (Fsp3) is 0.514. The van der Waals surface area contributed by atoms with Crippen LogP contribution in [0.1, 0.15) is 61.1 Å². The standard InChI is InChI=1S/C37H55N3O18S6/c41-59(42,43)25-7-19-38(20-8-26-60(44,45)46)34-16-4-1-13-31(34)37(32-14-2-5-17-35(32)39(21-9-27-61(47,48)49)22-10-28-62(50,51)52)33-15-3-6-18-36(33)40(23-11-29-63(53,54)55)24-12-30-64(56,57)58/h1-6,13-18,37H,7-12,19-30H2,(H,41,42,43)(H,44,45,46)(H,47,48,49)(H,50,51,52)(H,53,54,55)(H,56,57,58). The van der Waals surface area contributed by atoms with E-state index in [1.54, 1.807) is 87.5 Å². The second-order valence-corrected chi connectivity index (χ2v) is 24.3. The Kier molecular flexibility index (Phi) is 20.4. The average Bonchev–Trinajstić information content (AvgIpc) is 3.14. The lowest BCUT2D eigenvalue weighted by molar-refractivity contribution is 0.477. The van der Waals surface area contributed by atoms with Gasteiger partial charge in [-0.05, 0) is 73.4 Å². The molecule has 0 unspecified atom stereocenters. The van der Waals surface area contributed by atoms with Crippen molar-refractivity contribution in [2.75, 3.05) is 88.5 Å². The normalized spacial score (nSPS) is 13.0. The van der Waals surface area contributed by atoms with Crippen molar-refractivity contribution in [2.24, 2.45) is 0 Å². The Morgan fingerprint density at radius 1 is 0.312 bits per heavy atom. The van der Waals surface area contributed by atoms with Gasteiger partial charge < -0.3 is 14.7 Å². The van der Waals surface area contributed by atoms with Crippen LogP contribution in [-0.2, 0) is 60.7 Å². The molecule has 0 radical (unpaired) electrons. The molecule has 3 rings (SSSR count). The zero-order valence-corrected chi connectivity index (χ0v) is 39.5. The molecule has 0 amide bonds. The molecule has 0 saturated heterocycles. The van der Waals surface area contributed by atoms with E-state index in [4.69, 9.17) is 0 Å². The number of benzene rings is 3. The Labute approximate surface area is 376 Å². The van der Waals surface area contributed by atoms with Crippen molar-refractivity contribution in [3.8, 4) is 0 Å². The maximum atomic E-state index is 11.8. The summed E-state index contributed by atoms with van der Waals surface area (Å²) in [6.07, 6.45) is -0.824. The highest BCUT2D eigenvalue weighted by Crippen LogP contribution is 2.45. The van der Waals surface area contributed by atoms with Crippen LogP contribution in [0.5, 0.6) is 0 Å². The van der Waals surface area contributed by atoms with Crippen LogP contribution in [0.25, 0.3) is 0 Å². The van der Waals surface area contributed by atoms with E-state index in [1.807, 2.05) is 0 Å². The van der Waals surface area contributed by atoms with Gasteiger partial charge in [0.1, 0.15) is 0 Å². The highest BCUT2D eigenvalue weighted by molar-refractivity contribution is 7.86. The van der Waals surface area contributed by atoms with Gasteiger partial charge in [0.25, 0.3) is 60.7 Å². The summed E-state index contributed by atoms with van der Waals surface area (Å²) >= 11 is 0. The number of para-hydroxylation sites is 3. The van der Waals surface area contributed by atoms with Crippen LogP contribution in [0, 0.1) is 0 Å². The predicted octanol–water partition coefficient (Wildman–Crippen LogP) is 2.95. The third kappa shape index (κ3) is 21.2. The first kappa shape index (κ1) is 54.9. The monoisotopic (exact) mass is 1020 g/mol. The molecule has 362 valence electrons. The molecule has 0 fully saturated rings. The van der Waals surface area contributed by atoms with E-state index in [0.29, 0.717) is 33.8 Å². The first-order valence-electron chi connectivity index (χ1n) is 19.7. The fourth-order valence-corrected chi connectivity index (χ4v) is 10.2. The van der Waals surface area contributed by atoms with E-state index in [2.05, 4.69) is 0 Å². The van der Waals surface area contributed by atoms with Crippen molar-refractivity contribution in [3.63, 3.8) is 0 Å². The van der Waals surface area contributed by atoms with Crippen molar-refractivity contribution < 1.29 is 77.8 Å². The summed E-state index contributed by atoms with van der Waals surface area (Å²) in [6, 6.07) is 20.1. The summed E-state index contributed by atoms with van der Waals surface area (Å²) in [5, 5.41) is 0. The van der Waals surface area contributed by atoms with Crippen LogP contribution in [0.2, 0.25) is 0 Å². The average molecular weight is 1020 g/mol. The van der Waals surface area contributed by atoms with E-state index in [1.165, 1.54) is 0 Å². The Hall–Kier alpha value is -3.48. The first-order valence-corrected chi connectivity index (χ1v) is 29.4. The van der Waals surface area contributed by atoms with Gasteiger partial charge in [-0.1, -0.05) is 54.6 Å². The van der Waals surface area contributed by atoms with Gasteiger partial charge in [0.2, 0.25) is 0 Å². The smallest absolute Gasteiger partial charge is 0.264 e. The Morgan fingerprint density at radius 3 is 0.656 bits per heavy atom. The lowest BCUT2D eigenvalue weighted by Gasteiger charge is -2.36. The number of anilines is 3. The molecule has 0 aliphatic heterocycles. The number of hydrogen-bond donors (Lipinski definition) is 6. The van der Waals surface area contributed by atoms with E-state index in [9.17, 15) is 77.8 Å². The van der Waals surface area contributed by atoms with E-state index in [0.717, 1.165) is 0 Å². The van der Waals surface area contributed by atoms with E-state index in [-0.39, 0.29) is 77.8 Å². The molecular formula is C37H55N3O18S6. The molecule has 0 spiro atoms. The summed E-state index contributed by atoms with van der Waals surface area (Å²) in [7, 11) is -26.7. The lowest BCUT2D eigenvalue weighted by atomic mass is 9.81. The van der Waals surface area contributed by atoms with Crippen LogP contribution in [-0.4, -0.2) is 152 Å². The molecule has 0 heterocycles. The largest absolute Gasteiger partial charge is 0.371 e. The Morgan fingerprint density at radius 2 is 0.484 bits per heavy atom. The Bertz CT molecular complexity index is 2280. The molecule has 0 atom stereocenters. The highest BCUT2D eigenvalue weighted by Gasteiger charge is 2.30. The minimum absolute atomic E-state index is 0.0624. The minimum Gasteiger partial charge on any atom is -0.371 e. The van der Waals surface area contributed by atoms with Crippen molar-refractivity contribution >= 4 is 77.8 Å². The number of hydrogen-bond acceptors (Lipinski definition) is 15. The Balaban J connectivity index is 2.44. The minimum atomic E-state index is -4.44. The summed E-state index contributed by atoms with van der Waals surface area (Å²) < 4.78 is 199. The topological polar surface area (TPSA) is 336 Å². The SMILES string of the molecule is O=S(=O)(O)CCCN(CCCS(=O)(=O)O)c1ccccc1C(c1ccccc1N(CCCS(=O)(=O)O)CCCS(=O)(=O)O)c1ccccc1N(CCCS(=O)(=O)O)CCCS(=O)(=O)O. The van der Waals surface area contributed by atoms with Crippen LogP contribution in [0.3, 0.4) is 0 Å². The van der Waals surface area contributed by atoms with Crippen LogP contribution in [0.4, 0.5) is 17.1 Å².